The zero-order chi connectivity index (χ0) is 23.4. The van der Waals surface area contributed by atoms with E-state index in [9.17, 15) is 14.0 Å². The highest BCUT2D eigenvalue weighted by molar-refractivity contribution is 8.18. The number of hydrogen-bond acceptors (Lipinski definition) is 5. The Morgan fingerprint density at radius 2 is 1.88 bits per heavy atom. The molecule has 0 bridgehead atoms. The van der Waals surface area contributed by atoms with E-state index in [0.29, 0.717) is 21.5 Å². The number of carbonyl (C=O) groups excluding carboxylic acids is 1. The standard InChI is InChI=1S/C25H19FN2O4S/c1-28-23(29)22(33-25(28)27-20-7-3-5-18(14-20)24(30)31)13-16-8-10-21(11-9-16)32-15-17-4-2-6-19(26)12-17/h2-14H,15H2,1H3,(H,30,31)/b22-13-,27-25?. The van der Waals surface area contributed by atoms with Gasteiger partial charge >= 0.3 is 5.97 Å². The summed E-state index contributed by atoms with van der Waals surface area (Å²) in [6.45, 7) is 0.250. The molecule has 1 saturated heterocycles. The maximum absolute atomic E-state index is 13.3. The first-order valence-electron chi connectivity index (χ1n) is 9.96. The number of amides is 1. The van der Waals surface area contributed by atoms with Gasteiger partial charge in [-0.1, -0.05) is 30.3 Å². The van der Waals surface area contributed by atoms with Gasteiger partial charge in [0, 0.05) is 7.05 Å². The van der Waals surface area contributed by atoms with Gasteiger partial charge in [0.2, 0.25) is 0 Å². The number of aliphatic imine (C=N–C) groups is 1. The van der Waals surface area contributed by atoms with E-state index < -0.39 is 5.97 Å². The molecule has 6 nitrogen and oxygen atoms in total. The van der Waals surface area contributed by atoms with E-state index in [1.807, 2.05) is 12.1 Å². The van der Waals surface area contributed by atoms with Gasteiger partial charge in [-0.05, 0) is 71.4 Å². The van der Waals surface area contributed by atoms with Gasteiger partial charge in [0.05, 0.1) is 16.2 Å². The maximum atomic E-state index is 13.3. The lowest BCUT2D eigenvalue weighted by molar-refractivity contribution is -0.121. The molecule has 8 heteroatoms. The highest BCUT2D eigenvalue weighted by atomic mass is 32.2. The minimum atomic E-state index is -1.04. The molecule has 0 aromatic heterocycles. The van der Waals surface area contributed by atoms with Gasteiger partial charge in [-0.25, -0.2) is 14.2 Å². The zero-order valence-corrected chi connectivity index (χ0v) is 18.4. The summed E-state index contributed by atoms with van der Waals surface area (Å²) in [7, 11) is 1.62. The molecule has 1 amide bonds. The lowest BCUT2D eigenvalue weighted by Crippen LogP contribution is -2.23. The van der Waals surface area contributed by atoms with Crippen LogP contribution in [0, 0.1) is 5.82 Å². The van der Waals surface area contributed by atoms with Gasteiger partial charge in [-0.2, -0.15) is 0 Å². The molecule has 0 atom stereocenters. The first-order valence-corrected chi connectivity index (χ1v) is 10.8. The number of ether oxygens (including phenoxy) is 1. The number of nitrogens with zero attached hydrogens (tertiary/aromatic N) is 2. The third-order valence-electron chi connectivity index (χ3n) is 4.79. The number of carboxylic acid groups (broad SMARTS) is 1. The van der Waals surface area contributed by atoms with Gasteiger partial charge in [-0.3, -0.25) is 9.69 Å². The molecule has 0 unspecified atom stereocenters. The molecule has 1 heterocycles. The van der Waals surface area contributed by atoms with Crippen molar-refractivity contribution in [1.82, 2.24) is 4.90 Å². The monoisotopic (exact) mass is 462 g/mol. The Hall–Kier alpha value is -3.91. The smallest absolute Gasteiger partial charge is 0.335 e. The van der Waals surface area contributed by atoms with E-state index in [2.05, 4.69) is 4.99 Å². The summed E-state index contributed by atoms with van der Waals surface area (Å²) < 4.78 is 19.0. The van der Waals surface area contributed by atoms with Crippen molar-refractivity contribution in [2.75, 3.05) is 7.05 Å². The number of amidine groups is 1. The van der Waals surface area contributed by atoms with Crippen molar-refractivity contribution in [3.05, 3.63) is 100 Å². The van der Waals surface area contributed by atoms with Crippen LogP contribution in [0.2, 0.25) is 0 Å². The predicted molar refractivity (Wildman–Crippen MR) is 126 cm³/mol. The van der Waals surface area contributed by atoms with Crippen LogP contribution in [0.3, 0.4) is 0 Å². The topological polar surface area (TPSA) is 79.2 Å². The summed E-state index contributed by atoms with van der Waals surface area (Å²) in [5, 5.41) is 9.60. The van der Waals surface area contributed by atoms with Crippen LogP contribution >= 0.6 is 11.8 Å². The largest absolute Gasteiger partial charge is 0.489 e. The molecule has 1 aliphatic heterocycles. The second-order valence-corrected chi connectivity index (χ2v) is 8.22. The molecular weight excluding hydrogens is 443 g/mol. The van der Waals surface area contributed by atoms with E-state index in [4.69, 9.17) is 9.84 Å². The summed E-state index contributed by atoms with van der Waals surface area (Å²) in [5.74, 6) is -0.909. The summed E-state index contributed by atoms with van der Waals surface area (Å²) in [6.07, 6.45) is 1.76. The van der Waals surface area contributed by atoms with E-state index in [1.54, 1.807) is 49.5 Å². The van der Waals surface area contributed by atoms with Crippen molar-refractivity contribution < 1.29 is 23.8 Å². The Kier molecular flexibility index (Phi) is 6.55. The summed E-state index contributed by atoms with van der Waals surface area (Å²) in [6, 6.07) is 19.7. The average molecular weight is 463 g/mol. The second-order valence-electron chi connectivity index (χ2n) is 7.21. The highest BCUT2D eigenvalue weighted by Crippen LogP contribution is 2.33. The Morgan fingerprint density at radius 1 is 1.12 bits per heavy atom. The quantitative estimate of drug-likeness (QED) is 0.501. The molecule has 0 aliphatic carbocycles. The molecule has 1 fully saturated rings. The zero-order valence-electron chi connectivity index (χ0n) is 17.6. The lowest BCUT2D eigenvalue weighted by atomic mass is 10.2. The van der Waals surface area contributed by atoms with Crippen LogP contribution in [-0.2, 0) is 11.4 Å². The molecule has 33 heavy (non-hydrogen) atoms. The van der Waals surface area contributed by atoms with Crippen LogP contribution < -0.4 is 4.74 Å². The van der Waals surface area contributed by atoms with Crippen LogP contribution in [-0.4, -0.2) is 34.1 Å². The normalized spacial score (nSPS) is 15.9. The van der Waals surface area contributed by atoms with Crippen molar-refractivity contribution in [2.45, 2.75) is 6.61 Å². The van der Waals surface area contributed by atoms with Crippen LogP contribution in [0.4, 0.5) is 10.1 Å². The van der Waals surface area contributed by atoms with Crippen LogP contribution in [0.5, 0.6) is 5.75 Å². The number of benzene rings is 3. The molecule has 0 radical (unpaired) electrons. The number of rotatable bonds is 6. The molecule has 4 rings (SSSR count). The fourth-order valence-electron chi connectivity index (χ4n) is 3.08. The highest BCUT2D eigenvalue weighted by Gasteiger charge is 2.30. The third kappa shape index (κ3) is 5.48. The van der Waals surface area contributed by atoms with Gasteiger partial charge in [0.1, 0.15) is 18.2 Å². The van der Waals surface area contributed by atoms with Crippen molar-refractivity contribution in [3.63, 3.8) is 0 Å². The van der Waals surface area contributed by atoms with Crippen LogP contribution in [0.1, 0.15) is 21.5 Å². The predicted octanol–water partition coefficient (Wildman–Crippen LogP) is 5.34. The fourth-order valence-corrected chi connectivity index (χ4v) is 4.06. The van der Waals surface area contributed by atoms with E-state index >= 15 is 0 Å². The van der Waals surface area contributed by atoms with Crippen molar-refractivity contribution in [3.8, 4) is 5.75 Å². The third-order valence-corrected chi connectivity index (χ3v) is 5.85. The number of halogens is 1. The van der Waals surface area contributed by atoms with Crippen molar-refractivity contribution in [1.29, 1.82) is 0 Å². The molecule has 0 saturated carbocycles. The Balaban J connectivity index is 1.46. The van der Waals surface area contributed by atoms with Gasteiger partial charge in [0.15, 0.2) is 5.17 Å². The minimum absolute atomic E-state index is 0.129. The molecule has 1 N–H and O–H groups in total. The van der Waals surface area contributed by atoms with Gasteiger partial charge in [-0.15, -0.1) is 0 Å². The molecule has 3 aromatic carbocycles. The number of carboxylic acids is 1. The molecule has 0 spiro atoms. The van der Waals surface area contributed by atoms with E-state index in [-0.39, 0.29) is 23.9 Å². The van der Waals surface area contributed by atoms with E-state index in [0.717, 1.165) is 11.1 Å². The number of thioether (sulfide) groups is 1. The molecule has 3 aromatic rings. The fraction of sp³-hybridized carbons (Fsp3) is 0.0800. The summed E-state index contributed by atoms with van der Waals surface area (Å²) >= 11 is 1.22. The Bertz CT molecular complexity index is 1270. The maximum Gasteiger partial charge on any atom is 0.335 e. The van der Waals surface area contributed by atoms with Crippen LogP contribution in [0.15, 0.2) is 82.7 Å². The number of carbonyl (C=O) groups is 2. The van der Waals surface area contributed by atoms with Gasteiger partial charge in [0.25, 0.3) is 5.91 Å². The first-order chi connectivity index (χ1) is 15.9. The van der Waals surface area contributed by atoms with Crippen LogP contribution in [0.25, 0.3) is 6.08 Å². The van der Waals surface area contributed by atoms with Gasteiger partial charge < -0.3 is 9.84 Å². The number of hydrogen-bond donors (Lipinski definition) is 1. The Morgan fingerprint density at radius 3 is 2.61 bits per heavy atom. The average Bonchev–Trinajstić information content (AvgIpc) is 3.06. The molecule has 1 aliphatic rings. The van der Waals surface area contributed by atoms with Crippen molar-refractivity contribution >= 4 is 40.6 Å². The Labute approximate surface area is 194 Å². The number of aromatic carboxylic acids is 1. The minimum Gasteiger partial charge on any atom is -0.489 e. The van der Waals surface area contributed by atoms with Crippen molar-refractivity contribution in [2.24, 2.45) is 4.99 Å². The molecular formula is C25H19FN2O4S. The summed E-state index contributed by atoms with van der Waals surface area (Å²) in [4.78, 5) is 30.2. The number of likely N-dealkylation sites (N-methyl/N-ethyl adjacent to an activating group) is 1. The first kappa shape index (κ1) is 22.3. The molecule has 166 valence electrons. The SMILES string of the molecule is CN1C(=O)/C(=C/c2ccc(OCc3cccc(F)c3)cc2)SC1=Nc1cccc(C(=O)O)c1. The lowest BCUT2D eigenvalue weighted by Gasteiger charge is -2.07. The summed E-state index contributed by atoms with van der Waals surface area (Å²) in [5.41, 5.74) is 2.13. The second kappa shape index (κ2) is 9.70. The van der Waals surface area contributed by atoms with E-state index in [1.165, 1.54) is 40.9 Å².